The van der Waals surface area contributed by atoms with Gasteiger partial charge in [-0.05, 0) is 62.1 Å². The number of sulfonamides is 1. The molecule has 34 heavy (non-hydrogen) atoms. The average Bonchev–Trinajstić information content (AvgIpc) is 2.79. The highest BCUT2D eigenvalue weighted by Gasteiger charge is 2.22. The molecule has 1 heterocycles. The van der Waals surface area contributed by atoms with Crippen molar-refractivity contribution in [1.82, 2.24) is 5.32 Å². The van der Waals surface area contributed by atoms with Gasteiger partial charge in [0.2, 0.25) is 15.9 Å². The number of unbranched alkanes of at least 4 members (excludes halogenated alkanes) is 1. The Balaban J connectivity index is 1.34. The third-order valence-electron chi connectivity index (χ3n) is 5.46. The monoisotopic (exact) mass is 491 g/mol. The second-order valence-electron chi connectivity index (χ2n) is 8.36. The maximum Gasteiger partial charge on any atom is 0.229 e. The van der Waals surface area contributed by atoms with Gasteiger partial charge in [0.05, 0.1) is 19.1 Å². The van der Waals surface area contributed by atoms with Gasteiger partial charge in [-0.25, -0.2) is 8.42 Å². The van der Waals surface area contributed by atoms with Crippen LogP contribution in [0.5, 0.6) is 11.5 Å². The summed E-state index contributed by atoms with van der Waals surface area (Å²) in [4.78, 5) is 11.7. The summed E-state index contributed by atoms with van der Waals surface area (Å²) in [6, 6.07) is 10.9. The van der Waals surface area contributed by atoms with E-state index < -0.39 is 16.1 Å². The van der Waals surface area contributed by atoms with Crippen LogP contribution in [0.3, 0.4) is 0 Å². The van der Waals surface area contributed by atoms with Crippen molar-refractivity contribution in [3.8, 4) is 11.5 Å². The van der Waals surface area contributed by atoms with Crippen LogP contribution >= 0.6 is 0 Å². The number of methoxy groups -OCH3 is 1. The molecular formula is C24H33N3O6S. The Labute approximate surface area is 200 Å². The number of fused-ring (bicyclic) bond motifs is 1. The maximum atomic E-state index is 11.7. The number of hydrogen-bond donors (Lipinski definition) is 4. The number of aliphatic hydroxyl groups excluding tert-OH is 1. The summed E-state index contributed by atoms with van der Waals surface area (Å²) >= 11 is 0. The van der Waals surface area contributed by atoms with Crippen molar-refractivity contribution in [2.75, 3.05) is 43.1 Å². The van der Waals surface area contributed by atoms with Crippen LogP contribution in [-0.4, -0.2) is 58.6 Å². The topological polar surface area (TPSA) is 126 Å². The van der Waals surface area contributed by atoms with Crippen molar-refractivity contribution in [1.29, 1.82) is 0 Å². The van der Waals surface area contributed by atoms with Gasteiger partial charge in [0.15, 0.2) is 0 Å². The standard InChI is InChI=1S/C24H33N3O6S/c1-32-22-12-11-21(20-10-13-23(29)26-24(20)22)33-16-19(28)15-25-14-4-3-5-17-6-8-18(9-7-17)27-34(2,30)31/h6-9,11-12,19,25,27-28H,3-5,10,13-16H2,1-2H3,(H,26,29). The summed E-state index contributed by atoms with van der Waals surface area (Å²) < 4.78 is 36.1. The fourth-order valence-electron chi connectivity index (χ4n) is 3.78. The summed E-state index contributed by atoms with van der Waals surface area (Å²) in [6.45, 7) is 1.34. The molecule has 9 nitrogen and oxygen atoms in total. The minimum Gasteiger partial charge on any atom is -0.495 e. The van der Waals surface area contributed by atoms with Crippen molar-refractivity contribution < 1.29 is 27.8 Å². The Morgan fingerprint density at radius 1 is 1.09 bits per heavy atom. The summed E-state index contributed by atoms with van der Waals surface area (Å²) in [5.74, 6) is 1.19. The fraction of sp³-hybridized carbons (Fsp3) is 0.458. The van der Waals surface area contributed by atoms with Crippen LogP contribution in [-0.2, 0) is 27.7 Å². The predicted octanol–water partition coefficient (Wildman–Crippen LogP) is 2.30. The quantitative estimate of drug-likeness (QED) is 0.317. The first kappa shape index (κ1) is 25.8. The van der Waals surface area contributed by atoms with Gasteiger partial charge in [0, 0.05) is 24.2 Å². The minimum atomic E-state index is -3.26. The predicted molar refractivity (Wildman–Crippen MR) is 132 cm³/mol. The van der Waals surface area contributed by atoms with Gasteiger partial charge >= 0.3 is 0 Å². The molecule has 3 rings (SSSR count). The Bertz CT molecular complexity index is 1070. The Morgan fingerprint density at radius 2 is 1.82 bits per heavy atom. The molecule has 1 aliphatic heterocycles. The van der Waals surface area contributed by atoms with Crippen LogP contribution < -0.4 is 24.8 Å². The zero-order valence-corrected chi connectivity index (χ0v) is 20.4. The molecule has 0 saturated carbocycles. The number of carbonyl (C=O) groups is 1. The molecule has 1 atom stereocenters. The summed E-state index contributed by atoms with van der Waals surface area (Å²) in [5.41, 5.74) is 3.24. The molecule has 10 heteroatoms. The van der Waals surface area contributed by atoms with Crippen LogP contribution in [0.15, 0.2) is 36.4 Å². The Morgan fingerprint density at radius 3 is 2.53 bits per heavy atom. The first-order valence-electron chi connectivity index (χ1n) is 11.3. The van der Waals surface area contributed by atoms with Gasteiger partial charge in [-0.15, -0.1) is 0 Å². The highest BCUT2D eigenvalue weighted by molar-refractivity contribution is 7.92. The first-order valence-corrected chi connectivity index (χ1v) is 13.2. The molecule has 4 N–H and O–H groups in total. The molecule has 1 aliphatic rings. The molecule has 0 radical (unpaired) electrons. The van der Waals surface area contributed by atoms with E-state index in [1.54, 1.807) is 31.4 Å². The van der Waals surface area contributed by atoms with Gasteiger partial charge in [-0.2, -0.15) is 0 Å². The highest BCUT2D eigenvalue weighted by Crippen LogP contribution is 2.38. The molecule has 0 spiro atoms. The Kier molecular flexibility index (Phi) is 9.14. The number of hydrogen-bond acceptors (Lipinski definition) is 7. The lowest BCUT2D eigenvalue weighted by Gasteiger charge is -2.23. The zero-order chi connectivity index (χ0) is 24.6. The second kappa shape index (κ2) is 12.0. The molecule has 1 amide bonds. The van der Waals surface area contributed by atoms with Crippen molar-refractivity contribution in [3.63, 3.8) is 0 Å². The van der Waals surface area contributed by atoms with E-state index in [-0.39, 0.29) is 12.5 Å². The number of aliphatic hydroxyl groups is 1. The van der Waals surface area contributed by atoms with Gasteiger partial charge < -0.3 is 25.2 Å². The van der Waals surface area contributed by atoms with Crippen molar-refractivity contribution in [2.24, 2.45) is 0 Å². The third-order valence-corrected chi connectivity index (χ3v) is 6.06. The van der Waals surface area contributed by atoms with Crippen LogP contribution in [0.1, 0.15) is 30.4 Å². The molecule has 2 aromatic rings. The van der Waals surface area contributed by atoms with Crippen molar-refractivity contribution >= 4 is 27.3 Å². The molecule has 0 saturated heterocycles. The molecule has 1 unspecified atom stereocenters. The second-order valence-corrected chi connectivity index (χ2v) is 10.1. The van der Waals surface area contributed by atoms with E-state index in [0.717, 1.165) is 43.2 Å². The Hall–Kier alpha value is -2.82. The van der Waals surface area contributed by atoms with E-state index in [1.807, 2.05) is 12.1 Å². The fourth-order valence-corrected chi connectivity index (χ4v) is 4.35. The minimum absolute atomic E-state index is 0.0480. The number of anilines is 2. The van der Waals surface area contributed by atoms with Crippen LogP contribution in [0.2, 0.25) is 0 Å². The number of ether oxygens (including phenoxy) is 2. The lowest BCUT2D eigenvalue weighted by Crippen LogP contribution is -2.32. The first-order chi connectivity index (χ1) is 16.2. The van der Waals surface area contributed by atoms with Gasteiger partial charge in [-0.1, -0.05) is 12.1 Å². The van der Waals surface area contributed by atoms with E-state index in [0.29, 0.717) is 42.3 Å². The molecule has 0 fully saturated rings. The van der Waals surface area contributed by atoms with Crippen LogP contribution in [0, 0.1) is 0 Å². The van der Waals surface area contributed by atoms with E-state index in [4.69, 9.17) is 9.47 Å². The lowest BCUT2D eigenvalue weighted by atomic mass is 10.0. The van der Waals surface area contributed by atoms with Gasteiger partial charge in [0.25, 0.3) is 0 Å². The molecule has 2 aromatic carbocycles. The normalized spacial score (nSPS) is 14.1. The average molecular weight is 492 g/mol. The van der Waals surface area contributed by atoms with Gasteiger partial charge in [0.1, 0.15) is 24.2 Å². The van der Waals surface area contributed by atoms with E-state index >= 15 is 0 Å². The smallest absolute Gasteiger partial charge is 0.229 e. The van der Waals surface area contributed by atoms with Crippen LogP contribution in [0.25, 0.3) is 0 Å². The number of nitrogens with one attached hydrogen (secondary N) is 3. The number of amides is 1. The summed E-state index contributed by atoms with van der Waals surface area (Å²) in [7, 11) is -1.70. The number of benzene rings is 2. The van der Waals surface area contributed by atoms with E-state index in [9.17, 15) is 18.3 Å². The SMILES string of the molecule is COc1ccc(OCC(O)CNCCCCc2ccc(NS(C)(=O)=O)cc2)c2c1NC(=O)CC2. The third kappa shape index (κ3) is 7.89. The summed E-state index contributed by atoms with van der Waals surface area (Å²) in [6.07, 6.45) is 4.24. The molecule has 0 aromatic heterocycles. The number of aryl methyl sites for hydroxylation is 1. The lowest BCUT2D eigenvalue weighted by molar-refractivity contribution is -0.116. The largest absolute Gasteiger partial charge is 0.495 e. The number of rotatable bonds is 13. The maximum absolute atomic E-state index is 11.7. The van der Waals surface area contributed by atoms with Gasteiger partial charge in [-0.3, -0.25) is 9.52 Å². The van der Waals surface area contributed by atoms with Crippen LogP contribution in [0.4, 0.5) is 11.4 Å². The van der Waals surface area contributed by atoms with Crippen molar-refractivity contribution in [3.05, 3.63) is 47.5 Å². The summed E-state index contributed by atoms with van der Waals surface area (Å²) in [5, 5.41) is 16.4. The molecule has 0 bridgehead atoms. The molecule has 0 aliphatic carbocycles. The van der Waals surface area contributed by atoms with E-state index in [2.05, 4.69) is 15.4 Å². The molecule has 186 valence electrons. The van der Waals surface area contributed by atoms with Crippen molar-refractivity contribution in [2.45, 2.75) is 38.2 Å². The van der Waals surface area contributed by atoms with E-state index in [1.165, 1.54) is 0 Å². The number of carbonyl (C=O) groups excluding carboxylic acids is 1. The molecular weight excluding hydrogens is 458 g/mol. The highest BCUT2D eigenvalue weighted by atomic mass is 32.2. The zero-order valence-electron chi connectivity index (χ0n) is 19.6.